The summed E-state index contributed by atoms with van der Waals surface area (Å²) in [7, 11) is 3.47. The second-order valence-corrected chi connectivity index (χ2v) is 7.15. The van der Waals surface area contributed by atoms with E-state index in [2.05, 4.69) is 27.4 Å². The zero-order valence-electron chi connectivity index (χ0n) is 17.3. The zero-order valence-corrected chi connectivity index (χ0v) is 17.3. The van der Waals surface area contributed by atoms with Crippen molar-refractivity contribution in [2.75, 3.05) is 46.9 Å². The van der Waals surface area contributed by atoms with Gasteiger partial charge in [-0.05, 0) is 63.9 Å². The Morgan fingerprint density at radius 1 is 1.26 bits per heavy atom. The number of nitrogens with zero attached hydrogens (tertiary/aromatic N) is 2. The fourth-order valence-corrected chi connectivity index (χ4v) is 3.40. The van der Waals surface area contributed by atoms with Crippen molar-refractivity contribution in [1.82, 2.24) is 15.5 Å². The summed E-state index contributed by atoms with van der Waals surface area (Å²) in [5.41, 5.74) is 0. The summed E-state index contributed by atoms with van der Waals surface area (Å²) in [6.07, 6.45) is 3.85. The van der Waals surface area contributed by atoms with E-state index >= 15 is 0 Å². The van der Waals surface area contributed by atoms with Crippen LogP contribution in [0.4, 0.5) is 0 Å². The van der Waals surface area contributed by atoms with E-state index < -0.39 is 0 Å². The molecular weight excluding hydrogens is 340 g/mol. The zero-order chi connectivity index (χ0) is 19.5. The molecule has 1 atom stereocenters. The van der Waals surface area contributed by atoms with Crippen molar-refractivity contribution in [2.24, 2.45) is 10.9 Å². The van der Waals surface area contributed by atoms with Crippen molar-refractivity contribution in [1.29, 1.82) is 0 Å². The van der Waals surface area contributed by atoms with E-state index in [1.807, 2.05) is 38.2 Å². The fourth-order valence-electron chi connectivity index (χ4n) is 3.40. The van der Waals surface area contributed by atoms with Gasteiger partial charge in [-0.1, -0.05) is 13.0 Å². The minimum atomic E-state index is 0.0222. The van der Waals surface area contributed by atoms with Crippen LogP contribution >= 0.6 is 0 Å². The Morgan fingerprint density at radius 3 is 2.67 bits per heavy atom. The van der Waals surface area contributed by atoms with Crippen molar-refractivity contribution < 1.29 is 9.47 Å². The summed E-state index contributed by atoms with van der Waals surface area (Å²) >= 11 is 0. The van der Waals surface area contributed by atoms with Crippen LogP contribution in [0.2, 0.25) is 0 Å². The first kappa shape index (κ1) is 21.4. The fraction of sp³-hybridized carbons (Fsp3) is 0.667. The van der Waals surface area contributed by atoms with Crippen molar-refractivity contribution in [2.45, 2.75) is 39.2 Å². The predicted molar refractivity (Wildman–Crippen MR) is 112 cm³/mol. The topological polar surface area (TPSA) is 58.1 Å². The van der Waals surface area contributed by atoms with Crippen LogP contribution in [-0.2, 0) is 0 Å². The summed E-state index contributed by atoms with van der Waals surface area (Å²) in [6.45, 7) is 9.60. The van der Waals surface area contributed by atoms with Crippen molar-refractivity contribution >= 4 is 5.96 Å². The van der Waals surface area contributed by atoms with Crippen LogP contribution in [0.1, 0.15) is 33.1 Å². The molecular formula is C21H36N4O2. The SMILES string of the molecule is CCN1CCC(CCNC(=NC)NCC(C)Oc2cccc(OC)c2)CC1. The Balaban J connectivity index is 1.64. The van der Waals surface area contributed by atoms with E-state index in [4.69, 9.17) is 9.47 Å². The van der Waals surface area contributed by atoms with Gasteiger partial charge in [-0.3, -0.25) is 4.99 Å². The van der Waals surface area contributed by atoms with Crippen LogP contribution in [0.3, 0.4) is 0 Å². The van der Waals surface area contributed by atoms with Gasteiger partial charge in [0.1, 0.15) is 17.6 Å². The molecule has 2 rings (SSSR count). The van der Waals surface area contributed by atoms with Gasteiger partial charge in [0.2, 0.25) is 0 Å². The number of aliphatic imine (C=N–C) groups is 1. The number of methoxy groups -OCH3 is 1. The lowest BCUT2D eigenvalue weighted by atomic mass is 9.93. The van der Waals surface area contributed by atoms with Crippen molar-refractivity contribution in [3.8, 4) is 11.5 Å². The molecule has 1 saturated heterocycles. The lowest BCUT2D eigenvalue weighted by molar-refractivity contribution is 0.187. The Hall–Kier alpha value is -1.95. The molecule has 2 N–H and O–H groups in total. The monoisotopic (exact) mass is 376 g/mol. The third-order valence-corrected chi connectivity index (χ3v) is 5.16. The Bertz CT molecular complexity index is 571. The number of guanidine groups is 1. The van der Waals surface area contributed by atoms with Crippen LogP contribution in [0.15, 0.2) is 29.3 Å². The van der Waals surface area contributed by atoms with Gasteiger partial charge >= 0.3 is 0 Å². The van der Waals surface area contributed by atoms with E-state index in [-0.39, 0.29) is 6.10 Å². The minimum absolute atomic E-state index is 0.0222. The molecule has 1 aromatic rings. The summed E-state index contributed by atoms with van der Waals surface area (Å²) in [5, 5.41) is 6.78. The number of benzene rings is 1. The molecule has 0 bridgehead atoms. The molecule has 27 heavy (non-hydrogen) atoms. The highest BCUT2D eigenvalue weighted by Crippen LogP contribution is 2.20. The third kappa shape index (κ3) is 7.67. The molecule has 1 heterocycles. The number of ether oxygens (including phenoxy) is 2. The van der Waals surface area contributed by atoms with E-state index in [1.54, 1.807) is 7.11 Å². The van der Waals surface area contributed by atoms with Crippen molar-refractivity contribution in [3.05, 3.63) is 24.3 Å². The Kier molecular flexibility index (Phi) is 9.25. The lowest BCUT2D eigenvalue weighted by Crippen LogP contribution is -2.42. The maximum atomic E-state index is 5.94. The van der Waals surface area contributed by atoms with Gasteiger partial charge in [0.15, 0.2) is 5.96 Å². The summed E-state index contributed by atoms with van der Waals surface area (Å²) in [4.78, 5) is 6.85. The van der Waals surface area contributed by atoms with Crippen LogP contribution in [-0.4, -0.2) is 63.8 Å². The molecule has 1 aliphatic rings. The van der Waals surface area contributed by atoms with E-state index in [0.29, 0.717) is 6.54 Å². The average Bonchev–Trinajstić information content (AvgIpc) is 2.71. The summed E-state index contributed by atoms with van der Waals surface area (Å²) in [5.74, 6) is 3.27. The molecule has 1 unspecified atom stereocenters. The molecule has 6 heteroatoms. The largest absolute Gasteiger partial charge is 0.497 e. The average molecular weight is 377 g/mol. The van der Waals surface area contributed by atoms with Gasteiger partial charge in [-0.15, -0.1) is 0 Å². The van der Waals surface area contributed by atoms with Crippen molar-refractivity contribution in [3.63, 3.8) is 0 Å². The molecule has 0 radical (unpaired) electrons. The first-order valence-electron chi connectivity index (χ1n) is 10.1. The first-order chi connectivity index (χ1) is 13.1. The highest BCUT2D eigenvalue weighted by atomic mass is 16.5. The van der Waals surface area contributed by atoms with Crippen LogP contribution < -0.4 is 20.1 Å². The number of piperidine rings is 1. The number of likely N-dealkylation sites (tertiary alicyclic amines) is 1. The summed E-state index contributed by atoms with van der Waals surface area (Å²) < 4.78 is 11.2. The second kappa shape index (κ2) is 11.7. The Morgan fingerprint density at radius 2 is 2.00 bits per heavy atom. The molecule has 0 amide bonds. The van der Waals surface area contributed by atoms with E-state index in [1.165, 1.54) is 38.9 Å². The first-order valence-corrected chi connectivity index (χ1v) is 10.1. The molecule has 0 spiro atoms. The van der Waals surface area contributed by atoms with Gasteiger partial charge in [0, 0.05) is 19.7 Å². The van der Waals surface area contributed by atoms with Crippen LogP contribution in [0.5, 0.6) is 11.5 Å². The summed E-state index contributed by atoms with van der Waals surface area (Å²) in [6, 6.07) is 7.68. The molecule has 1 aromatic carbocycles. The maximum absolute atomic E-state index is 5.94. The predicted octanol–water partition coefficient (Wildman–Crippen LogP) is 2.75. The highest BCUT2D eigenvalue weighted by molar-refractivity contribution is 5.79. The van der Waals surface area contributed by atoms with Gasteiger partial charge in [-0.25, -0.2) is 0 Å². The van der Waals surface area contributed by atoms with E-state index in [0.717, 1.165) is 29.9 Å². The van der Waals surface area contributed by atoms with Gasteiger partial charge in [-0.2, -0.15) is 0 Å². The quantitative estimate of drug-likeness (QED) is 0.513. The third-order valence-electron chi connectivity index (χ3n) is 5.16. The van der Waals surface area contributed by atoms with Gasteiger partial charge in [0.25, 0.3) is 0 Å². The minimum Gasteiger partial charge on any atom is -0.497 e. The smallest absolute Gasteiger partial charge is 0.191 e. The molecule has 0 aliphatic carbocycles. The molecule has 1 fully saturated rings. The standard InChI is InChI=1S/C21H36N4O2/c1-5-25-13-10-18(11-14-25)9-12-23-21(22-3)24-16-17(2)27-20-8-6-7-19(15-20)26-4/h6-8,15,17-18H,5,9-14,16H2,1-4H3,(H2,22,23,24). The molecule has 6 nitrogen and oxygen atoms in total. The lowest BCUT2D eigenvalue weighted by Gasteiger charge is -2.31. The van der Waals surface area contributed by atoms with Gasteiger partial charge in [0.05, 0.1) is 13.7 Å². The number of nitrogens with one attached hydrogen (secondary N) is 2. The Labute approximate surface area is 164 Å². The normalized spacial score (nSPS) is 17.4. The molecule has 152 valence electrons. The molecule has 0 aromatic heterocycles. The second-order valence-electron chi connectivity index (χ2n) is 7.15. The number of hydrogen-bond donors (Lipinski definition) is 2. The highest BCUT2D eigenvalue weighted by Gasteiger charge is 2.17. The number of hydrogen-bond acceptors (Lipinski definition) is 4. The van der Waals surface area contributed by atoms with E-state index in [9.17, 15) is 0 Å². The van der Waals surface area contributed by atoms with Gasteiger partial charge < -0.3 is 25.0 Å². The van der Waals surface area contributed by atoms with Crippen LogP contribution in [0, 0.1) is 5.92 Å². The maximum Gasteiger partial charge on any atom is 0.191 e. The number of rotatable bonds is 9. The molecule has 0 saturated carbocycles. The molecule has 1 aliphatic heterocycles. The van der Waals surface area contributed by atoms with Crippen LogP contribution in [0.25, 0.3) is 0 Å².